The van der Waals surface area contributed by atoms with Crippen molar-refractivity contribution in [2.24, 2.45) is 0 Å². The van der Waals surface area contributed by atoms with Gasteiger partial charge >= 0.3 is 0 Å². The van der Waals surface area contributed by atoms with Crippen LogP contribution in [0, 0.1) is 0 Å². The van der Waals surface area contributed by atoms with Crippen LogP contribution in [-0.2, 0) is 13.1 Å². The van der Waals surface area contributed by atoms with Gasteiger partial charge < -0.3 is 0 Å². The molecule has 0 bridgehead atoms. The highest BCUT2D eigenvalue weighted by atomic mass is 16.1. The van der Waals surface area contributed by atoms with Crippen LogP contribution in [0.25, 0.3) is 0 Å². The van der Waals surface area contributed by atoms with E-state index in [1.165, 1.54) is 0 Å². The molecule has 6 heteroatoms. The molecule has 0 amide bonds. The standard InChI is InChI=1S/C10H10N4O2/c15-7-9-1-3-13(11-9)5-6-14-4-2-10(8-16)12-14/h1-4,7-8H,5-6H2. The highest BCUT2D eigenvalue weighted by molar-refractivity contribution is 5.71. The van der Waals surface area contributed by atoms with Gasteiger partial charge in [0.15, 0.2) is 12.6 Å². The van der Waals surface area contributed by atoms with Crippen LogP contribution in [0.15, 0.2) is 24.5 Å². The summed E-state index contributed by atoms with van der Waals surface area (Å²) in [5.41, 5.74) is 0.822. The van der Waals surface area contributed by atoms with Gasteiger partial charge in [-0.3, -0.25) is 19.0 Å². The van der Waals surface area contributed by atoms with E-state index in [1.807, 2.05) is 0 Å². The third-order valence-corrected chi connectivity index (χ3v) is 2.12. The molecule has 0 N–H and O–H groups in total. The molecule has 0 saturated carbocycles. The van der Waals surface area contributed by atoms with Crippen LogP contribution in [-0.4, -0.2) is 32.1 Å². The first-order valence-electron chi connectivity index (χ1n) is 4.79. The van der Waals surface area contributed by atoms with Gasteiger partial charge in [0.1, 0.15) is 11.4 Å². The Labute approximate surface area is 91.5 Å². The maximum atomic E-state index is 10.4. The first kappa shape index (κ1) is 10.3. The fourth-order valence-corrected chi connectivity index (χ4v) is 1.33. The molecule has 0 aliphatic rings. The lowest BCUT2D eigenvalue weighted by molar-refractivity contribution is 0.111. The fraction of sp³-hybridized carbons (Fsp3) is 0.200. The molecule has 0 aromatic carbocycles. The van der Waals surface area contributed by atoms with Gasteiger partial charge in [-0.2, -0.15) is 10.2 Å². The molecular formula is C10H10N4O2. The molecule has 2 aromatic heterocycles. The minimum absolute atomic E-state index is 0.411. The van der Waals surface area contributed by atoms with Crippen LogP contribution in [0.4, 0.5) is 0 Å². The van der Waals surface area contributed by atoms with Crippen LogP contribution in [0.5, 0.6) is 0 Å². The number of hydrogen-bond donors (Lipinski definition) is 0. The minimum atomic E-state index is 0.411. The molecule has 0 atom stereocenters. The van der Waals surface area contributed by atoms with Gasteiger partial charge in [0.2, 0.25) is 0 Å². The van der Waals surface area contributed by atoms with Crippen LogP contribution >= 0.6 is 0 Å². The molecule has 2 rings (SSSR count). The van der Waals surface area contributed by atoms with Gasteiger partial charge in [0.05, 0.1) is 13.1 Å². The van der Waals surface area contributed by atoms with Crippen LogP contribution in [0.1, 0.15) is 21.0 Å². The largest absolute Gasteiger partial charge is 0.296 e. The van der Waals surface area contributed by atoms with Gasteiger partial charge in [0.25, 0.3) is 0 Å². The average Bonchev–Trinajstić information content (AvgIpc) is 2.95. The number of aromatic nitrogens is 4. The summed E-state index contributed by atoms with van der Waals surface area (Å²) >= 11 is 0. The van der Waals surface area contributed by atoms with Gasteiger partial charge in [-0.05, 0) is 12.1 Å². The molecule has 0 aliphatic carbocycles. The minimum Gasteiger partial charge on any atom is -0.296 e. The summed E-state index contributed by atoms with van der Waals surface area (Å²) in [6, 6.07) is 3.29. The quantitative estimate of drug-likeness (QED) is 0.681. The second-order valence-corrected chi connectivity index (χ2v) is 3.24. The lowest BCUT2D eigenvalue weighted by Gasteiger charge is -2.01. The summed E-state index contributed by atoms with van der Waals surface area (Å²) in [6.07, 6.45) is 4.87. The van der Waals surface area contributed by atoms with E-state index in [-0.39, 0.29) is 0 Å². The maximum absolute atomic E-state index is 10.4. The summed E-state index contributed by atoms with van der Waals surface area (Å²) in [5, 5.41) is 8.02. The number of nitrogens with zero attached hydrogens (tertiary/aromatic N) is 4. The van der Waals surface area contributed by atoms with Crippen LogP contribution < -0.4 is 0 Å². The van der Waals surface area contributed by atoms with Crippen molar-refractivity contribution >= 4 is 12.6 Å². The highest BCUT2D eigenvalue weighted by Gasteiger charge is 1.99. The number of carbonyl (C=O) groups excluding carboxylic acids is 2. The SMILES string of the molecule is O=Cc1ccn(CCn2ccc(C=O)n2)n1. The molecule has 0 spiro atoms. The van der Waals surface area contributed by atoms with Crippen molar-refractivity contribution in [1.82, 2.24) is 19.6 Å². The van der Waals surface area contributed by atoms with E-state index in [0.717, 1.165) is 0 Å². The summed E-state index contributed by atoms with van der Waals surface area (Å²) < 4.78 is 3.32. The Hall–Kier alpha value is -2.24. The van der Waals surface area contributed by atoms with Crippen molar-refractivity contribution in [1.29, 1.82) is 0 Å². The number of hydrogen-bond acceptors (Lipinski definition) is 4. The monoisotopic (exact) mass is 218 g/mol. The second-order valence-electron chi connectivity index (χ2n) is 3.24. The van der Waals surface area contributed by atoms with E-state index >= 15 is 0 Å². The van der Waals surface area contributed by atoms with E-state index < -0.39 is 0 Å². The third-order valence-electron chi connectivity index (χ3n) is 2.12. The lowest BCUT2D eigenvalue weighted by Crippen LogP contribution is -2.08. The van der Waals surface area contributed by atoms with Crippen LogP contribution in [0.2, 0.25) is 0 Å². The number of aryl methyl sites for hydroxylation is 2. The lowest BCUT2D eigenvalue weighted by atomic mass is 10.5. The molecule has 0 fully saturated rings. The van der Waals surface area contributed by atoms with E-state index in [9.17, 15) is 9.59 Å². The summed E-state index contributed by atoms with van der Waals surface area (Å²) in [5.74, 6) is 0. The first-order chi connectivity index (χ1) is 7.81. The maximum Gasteiger partial charge on any atom is 0.170 e. The first-order valence-corrected chi connectivity index (χ1v) is 4.79. The molecule has 16 heavy (non-hydrogen) atoms. The van der Waals surface area contributed by atoms with Gasteiger partial charge in [-0.1, -0.05) is 0 Å². The van der Waals surface area contributed by atoms with Gasteiger partial charge in [-0.15, -0.1) is 0 Å². The predicted octanol–water partition coefficient (Wildman–Crippen LogP) is 0.405. The smallest absolute Gasteiger partial charge is 0.170 e. The Kier molecular flexibility index (Phi) is 2.90. The zero-order valence-electron chi connectivity index (χ0n) is 8.48. The van der Waals surface area contributed by atoms with Crippen molar-refractivity contribution in [2.45, 2.75) is 13.1 Å². The van der Waals surface area contributed by atoms with Gasteiger partial charge in [-0.25, -0.2) is 0 Å². The molecule has 2 aromatic rings. The summed E-state index contributed by atoms with van der Waals surface area (Å²) in [4.78, 5) is 20.8. The van der Waals surface area contributed by atoms with Crippen molar-refractivity contribution in [3.63, 3.8) is 0 Å². The Morgan fingerprint density at radius 2 is 1.38 bits per heavy atom. The number of carbonyl (C=O) groups is 2. The van der Waals surface area contributed by atoms with E-state index in [4.69, 9.17) is 0 Å². The predicted molar refractivity (Wildman–Crippen MR) is 55.2 cm³/mol. The number of aldehydes is 2. The normalized spacial score (nSPS) is 10.2. The molecule has 0 saturated heterocycles. The van der Waals surface area contributed by atoms with Crippen molar-refractivity contribution in [3.8, 4) is 0 Å². The molecule has 0 aliphatic heterocycles. The average molecular weight is 218 g/mol. The zero-order valence-corrected chi connectivity index (χ0v) is 8.48. The van der Waals surface area contributed by atoms with Crippen molar-refractivity contribution < 1.29 is 9.59 Å². The molecule has 6 nitrogen and oxygen atoms in total. The van der Waals surface area contributed by atoms with Crippen LogP contribution in [0.3, 0.4) is 0 Å². The Balaban J connectivity index is 1.96. The number of rotatable bonds is 5. The molecule has 2 heterocycles. The Bertz CT molecular complexity index is 454. The molecule has 0 radical (unpaired) electrons. The topological polar surface area (TPSA) is 69.8 Å². The molecule has 0 unspecified atom stereocenters. The van der Waals surface area contributed by atoms with E-state index in [0.29, 0.717) is 37.0 Å². The van der Waals surface area contributed by atoms with Crippen molar-refractivity contribution in [2.75, 3.05) is 0 Å². The van der Waals surface area contributed by atoms with Crippen molar-refractivity contribution in [3.05, 3.63) is 35.9 Å². The summed E-state index contributed by atoms with van der Waals surface area (Å²) in [7, 11) is 0. The van der Waals surface area contributed by atoms with Gasteiger partial charge in [0, 0.05) is 12.4 Å². The van der Waals surface area contributed by atoms with E-state index in [2.05, 4.69) is 10.2 Å². The third kappa shape index (κ3) is 2.22. The van der Waals surface area contributed by atoms with E-state index in [1.54, 1.807) is 33.9 Å². The Morgan fingerprint density at radius 1 is 0.938 bits per heavy atom. The second kappa shape index (κ2) is 4.52. The molecule has 82 valence electrons. The fourth-order valence-electron chi connectivity index (χ4n) is 1.33. The highest BCUT2D eigenvalue weighted by Crippen LogP contribution is 1.95. The Morgan fingerprint density at radius 3 is 1.69 bits per heavy atom. The zero-order chi connectivity index (χ0) is 11.4. The summed E-state index contributed by atoms with van der Waals surface area (Å²) in [6.45, 7) is 1.21. The molecular weight excluding hydrogens is 208 g/mol.